The number of hydrogen-bond acceptors (Lipinski definition) is 3. The summed E-state index contributed by atoms with van der Waals surface area (Å²) in [7, 11) is 3.59. The van der Waals surface area contributed by atoms with Crippen LogP contribution in [0.3, 0.4) is 0 Å². The average Bonchev–Trinajstić information content (AvgIpc) is 2.11. The molecule has 0 aliphatic rings. The maximum atomic E-state index is 10.3. The molecular weight excluding hydrogens is 184 g/mol. The van der Waals surface area contributed by atoms with Crippen LogP contribution in [0.25, 0.3) is 0 Å². The van der Waals surface area contributed by atoms with E-state index in [1.54, 1.807) is 19.0 Å². The van der Waals surface area contributed by atoms with E-state index in [1.807, 2.05) is 0 Å². The SMILES string of the molecule is CN(C)C(N)=NCCC[C@@H](N)C(=O)O. The van der Waals surface area contributed by atoms with Crippen molar-refractivity contribution < 1.29 is 9.90 Å². The normalized spacial score (nSPS) is 13.8. The summed E-state index contributed by atoms with van der Waals surface area (Å²) < 4.78 is 0. The maximum absolute atomic E-state index is 10.3. The summed E-state index contributed by atoms with van der Waals surface area (Å²) in [6.07, 6.45) is 1.04. The smallest absolute Gasteiger partial charge is 0.320 e. The number of carboxylic acid groups (broad SMARTS) is 1. The van der Waals surface area contributed by atoms with E-state index in [-0.39, 0.29) is 0 Å². The molecule has 0 unspecified atom stereocenters. The van der Waals surface area contributed by atoms with E-state index < -0.39 is 12.0 Å². The van der Waals surface area contributed by atoms with E-state index in [2.05, 4.69) is 4.99 Å². The van der Waals surface area contributed by atoms with Gasteiger partial charge in [-0.25, -0.2) is 0 Å². The Balaban J connectivity index is 3.66. The van der Waals surface area contributed by atoms with Gasteiger partial charge >= 0.3 is 5.97 Å². The van der Waals surface area contributed by atoms with Crippen LogP contribution in [0.2, 0.25) is 0 Å². The van der Waals surface area contributed by atoms with Crippen LogP contribution in [0.1, 0.15) is 12.8 Å². The molecule has 6 heteroatoms. The highest BCUT2D eigenvalue weighted by molar-refractivity contribution is 5.77. The van der Waals surface area contributed by atoms with Crippen LogP contribution in [0.15, 0.2) is 4.99 Å². The lowest BCUT2D eigenvalue weighted by Gasteiger charge is -2.10. The number of nitrogens with zero attached hydrogens (tertiary/aromatic N) is 2. The molecule has 0 fully saturated rings. The van der Waals surface area contributed by atoms with Crippen molar-refractivity contribution in [1.82, 2.24) is 4.90 Å². The minimum atomic E-state index is -0.977. The number of guanidine groups is 1. The van der Waals surface area contributed by atoms with Crippen molar-refractivity contribution in [2.45, 2.75) is 18.9 Å². The molecule has 0 rings (SSSR count). The van der Waals surface area contributed by atoms with Crippen LogP contribution in [-0.2, 0) is 4.79 Å². The van der Waals surface area contributed by atoms with Crippen molar-refractivity contribution in [2.24, 2.45) is 16.5 Å². The van der Waals surface area contributed by atoms with E-state index in [4.69, 9.17) is 16.6 Å². The van der Waals surface area contributed by atoms with Crippen molar-refractivity contribution in [2.75, 3.05) is 20.6 Å². The summed E-state index contributed by atoms with van der Waals surface area (Å²) in [6, 6.07) is -0.800. The third kappa shape index (κ3) is 5.36. The molecule has 0 aromatic carbocycles. The van der Waals surface area contributed by atoms with Crippen LogP contribution < -0.4 is 11.5 Å². The van der Waals surface area contributed by atoms with Gasteiger partial charge in [0, 0.05) is 20.6 Å². The molecule has 0 saturated heterocycles. The first-order chi connectivity index (χ1) is 6.45. The summed E-state index contributed by atoms with van der Waals surface area (Å²) in [5.41, 5.74) is 10.8. The van der Waals surface area contributed by atoms with E-state index >= 15 is 0 Å². The molecule has 0 aromatic rings. The largest absolute Gasteiger partial charge is 0.480 e. The number of rotatable bonds is 5. The lowest BCUT2D eigenvalue weighted by atomic mass is 10.2. The first-order valence-corrected chi connectivity index (χ1v) is 4.40. The van der Waals surface area contributed by atoms with Crippen LogP contribution in [0.4, 0.5) is 0 Å². The predicted molar refractivity (Wildman–Crippen MR) is 55.0 cm³/mol. The third-order valence-electron chi connectivity index (χ3n) is 1.72. The molecule has 0 aliphatic carbocycles. The zero-order valence-electron chi connectivity index (χ0n) is 8.60. The second kappa shape index (κ2) is 6.20. The molecule has 0 spiro atoms. The Bertz CT molecular complexity index is 215. The fourth-order valence-corrected chi connectivity index (χ4v) is 0.770. The van der Waals surface area contributed by atoms with Gasteiger partial charge in [0.05, 0.1) is 0 Å². The highest BCUT2D eigenvalue weighted by Crippen LogP contribution is 1.95. The molecule has 0 saturated carbocycles. The monoisotopic (exact) mass is 202 g/mol. The van der Waals surface area contributed by atoms with E-state index in [0.29, 0.717) is 25.3 Å². The van der Waals surface area contributed by atoms with Gasteiger partial charge in [-0.1, -0.05) is 0 Å². The van der Waals surface area contributed by atoms with Crippen LogP contribution in [-0.4, -0.2) is 48.6 Å². The minimum Gasteiger partial charge on any atom is -0.480 e. The zero-order valence-corrected chi connectivity index (χ0v) is 8.60. The van der Waals surface area contributed by atoms with Crippen molar-refractivity contribution in [3.63, 3.8) is 0 Å². The first kappa shape index (κ1) is 12.7. The van der Waals surface area contributed by atoms with E-state index in [0.717, 1.165) is 0 Å². The Labute approximate surface area is 83.6 Å². The summed E-state index contributed by atoms with van der Waals surface area (Å²) >= 11 is 0. The van der Waals surface area contributed by atoms with Crippen molar-refractivity contribution in [3.05, 3.63) is 0 Å². The molecule has 14 heavy (non-hydrogen) atoms. The fraction of sp³-hybridized carbons (Fsp3) is 0.750. The molecule has 0 bridgehead atoms. The standard InChI is InChI=1S/C8H18N4O2/c1-12(2)8(10)11-5-3-4-6(9)7(13)14/h6H,3-5,9H2,1-2H3,(H2,10,11)(H,13,14)/t6-/m1/s1. The predicted octanol–water partition coefficient (Wildman–Crippen LogP) is -0.945. The Hall–Kier alpha value is -1.30. The van der Waals surface area contributed by atoms with Crippen molar-refractivity contribution in [1.29, 1.82) is 0 Å². The Morgan fingerprint density at radius 1 is 1.57 bits per heavy atom. The lowest BCUT2D eigenvalue weighted by Crippen LogP contribution is -2.31. The average molecular weight is 202 g/mol. The molecule has 1 atom stereocenters. The second-order valence-corrected chi connectivity index (χ2v) is 3.22. The first-order valence-electron chi connectivity index (χ1n) is 4.40. The van der Waals surface area contributed by atoms with Gasteiger partial charge in [0.2, 0.25) is 0 Å². The Kier molecular flexibility index (Phi) is 5.62. The van der Waals surface area contributed by atoms with E-state index in [1.165, 1.54) is 0 Å². The van der Waals surface area contributed by atoms with Crippen molar-refractivity contribution in [3.8, 4) is 0 Å². The Morgan fingerprint density at radius 2 is 2.14 bits per heavy atom. The maximum Gasteiger partial charge on any atom is 0.320 e. The molecule has 0 radical (unpaired) electrons. The van der Waals surface area contributed by atoms with Crippen molar-refractivity contribution >= 4 is 11.9 Å². The lowest BCUT2D eigenvalue weighted by molar-refractivity contribution is -0.138. The van der Waals surface area contributed by atoms with Gasteiger partial charge in [0.15, 0.2) is 5.96 Å². The van der Waals surface area contributed by atoms with Gasteiger partial charge in [0.1, 0.15) is 6.04 Å². The fourth-order valence-electron chi connectivity index (χ4n) is 0.770. The number of aliphatic carboxylic acids is 1. The number of nitrogens with two attached hydrogens (primary N) is 2. The summed E-state index contributed by atoms with van der Waals surface area (Å²) in [5.74, 6) is -0.538. The summed E-state index contributed by atoms with van der Waals surface area (Å²) in [5, 5.41) is 8.48. The topological polar surface area (TPSA) is 105 Å². The molecule has 0 amide bonds. The van der Waals surface area contributed by atoms with Crippen LogP contribution in [0.5, 0.6) is 0 Å². The molecule has 0 heterocycles. The molecule has 82 valence electrons. The van der Waals surface area contributed by atoms with Gasteiger partial charge in [-0.05, 0) is 12.8 Å². The number of carbonyl (C=O) groups is 1. The highest BCUT2D eigenvalue weighted by Gasteiger charge is 2.09. The molecular formula is C8H18N4O2. The van der Waals surface area contributed by atoms with Gasteiger partial charge in [0.25, 0.3) is 0 Å². The van der Waals surface area contributed by atoms with Gasteiger partial charge in [-0.2, -0.15) is 0 Å². The summed E-state index contributed by atoms with van der Waals surface area (Å²) in [6.45, 7) is 0.505. The molecule has 6 nitrogen and oxygen atoms in total. The van der Waals surface area contributed by atoms with Gasteiger partial charge < -0.3 is 21.5 Å². The zero-order chi connectivity index (χ0) is 11.1. The second-order valence-electron chi connectivity index (χ2n) is 3.22. The van der Waals surface area contributed by atoms with Gasteiger partial charge in [-0.3, -0.25) is 9.79 Å². The third-order valence-corrected chi connectivity index (χ3v) is 1.72. The summed E-state index contributed by atoms with van der Waals surface area (Å²) in [4.78, 5) is 16.1. The van der Waals surface area contributed by atoms with Gasteiger partial charge in [-0.15, -0.1) is 0 Å². The highest BCUT2D eigenvalue weighted by atomic mass is 16.4. The van der Waals surface area contributed by atoms with E-state index in [9.17, 15) is 4.79 Å². The number of carboxylic acids is 1. The quantitative estimate of drug-likeness (QED) is 0.303. The van der Waals surface area contributed by atoms with Crippen LogP contribution >= 0.6 is 0 Å². The Morgan fingerprint density at radius 3 is 2.57 bits per heavy atom. The molecule has 5 N–H and O–H groups in total. The minimum absolute atomic E-state index is 0.416. The molecule has 0 aliphatic heterocycles. The number of aliphatic imine (C=N–C) groups is 1. The number of hydrogen-bond donors (Lipinski definition) is 3. The molecule has 0 aromatic heterocycles. The van der Waals surface area contributed by atoms with Crippen LogP contribution in [0, 0.1) is 0 Å².